The molecule has 0 saturated heterocycles. The number of fused-ring (bicyclic) bond motifs is 1. The van der Waals surface area contributed by atoms with Crippen LogP contribution in [0.15, 0.2) is 188 Å². The Bertz CT molecular complexity index is 2480. The van der Waals surface area contributed by atoms with Crippen LogP contribution in [0.5, 0.6) is 17.2 Å². The lowest BCUT2D eigenvalue weighted by molar-refractivity contribution is 0.0964. The molecule has 0 aliphatic carbocycles. The van der Waals surface area contributed by atoms with E-state index in [0.29, 0.717) is 37.6 Å². The maximum atomic E-state index is 14.9. The highest BCUT2D eigenvalue weighted by atomic mass is 31.2. The molecule has 314 valence electrons. The second-order valence-electron chi connectivity index (χ2n) is 15.0. The van der Waals surface area contributed by atoms with Gasteiger partial charge in [-0.1, -0.05) is 164 Å². The van der Waals surface area contributed by atoms with E-state index < -0.39 is 13.9 Å². The summed E-state index contributed by atoms with van der Waals surface area (Å²) in [6.07, 6.45) is 0.0822. The quantitative estimate of drug-likeness (QED) is 0.0837. The topological polar surface area (TPSA) is 92.8 Å². The molecule has 0 radical (unpaired) electrons. The molecule has 0 spiro atoms. The third-order valence-corrected chi connectivity index (χ3v) is 11.9. The van der Waals surface area contributed by atoms with Crippen molar-refractivity contribution in [3.63, 3.8) is 0 Å². The predicted octanol–water partition coefficient (Wildman–Crippen LogP) is 12.1. The highest BCUT2D eigenvalue weighted by Gasteiger charge is 2.34. The number of rotatable bonds is 17. The molecule has 9 nitrogen and oxygen atoms in total. The fourth-order valence-corrected chi connectivity index (χ4v) is 8.39. The van der Waals surface area contributed by atoms with Gasteiger partial charge in [0.1, 0.15) is 25.6 Å². The molecule has 0 fully saturated rings. The number of hydrogen-bond acceptors (Lipinski definition) is 8. The highest BCUT2D eigenvalue weighted by molar-refractivity contribution is 7.48. The summed E-state index contributed by atoms with van der Waals surface area (Å²) in [5.41, 5.74) is 7.27. The molecule has 0 N–H and O–H groups in total. The van der Waals surface area contributed by atoms with Crippen LogP contribution in [-0.2, 0) is 57.8 Å². The molecule has 1 amide bonds. The molecular formula is C52H48NO8P. The third kappa shape index (κ3) is 11.6. The summed E-state index contributed by atoms with van der Waals surface area (Å²) in [5.74, 6) is 0.923. The summed E-state index contributed by atoms with van der Waals surface area (Å²) < 4.78 is 52.0. The standard InChI is InChI=1S/C52H48NO8P/c54-52(58-37-42-20-10-3-11-21-42)53-31-30-46-32-50(57-36-41-18-8-2-9-19-41)51(61-62(55,59-38-43-22-12-4-13-23-43)60-39-44-24-14-5-15-25-44)33-48(46)49(34-53)45-26-28-47(29-27-45)56-35-40-16-6-1-7-17-40/h1-29,32-33,49H,30-31,34-39H2. The molecule has 7 aromatic carbocycles. The molecule has 0 saturated carbocycles. The number of hydrogen-bond donors (Lipinski definition) is 0. The monoisotopic (exact) mass is 845 g/mol. The van der Waals surface area contributed by atoms with Crippen molar-refractivity contribution in [1.29, 1.82) is 0 Å². The molecule has 0 aromatic heterocycles. The zero-order valence-electron chi connectivity index (χ0n) is 34.3. The van der Waals surface area contributed by atoms with Crippen LogP contribution >= 0.6 is 7.82 Å². The predicted molar refractivity (Wildman–Crippen MR) is 239 cm³/mol. The number of phosphoric acid groups is 1. The number of amides is 1. The minimum absolute atomic E-state index is 0.0145. The summed E-state index contributed by atoms with van der Waals surface area (Å²) in [6.45, 7) is 1.48. The fraction of sp³-hybridized carbons (Fsp3) is 0.173. The Labute approximate surface area is 363 Å². The second kappa shape index (κ2) is 20.8. The summed E-state index contributed by atoms with van der Waals surface area (Å²) >= 11 is 0. The van der Waals surface area contributed by atoms with E-state index in [9.17, 15) is 9.36 Å². The fourth-order valence-electron chi connectivity index (χ4n) is 7.21. The SMILES string of the molecule is O=C(OCc1ccccc1)N1CCc2cc(OCc3ccccc3)c(OP(=O)(OCc3ccccc3)OCc3ccccc3)cc2C(c2ccc(OCc3ccccc3)cc2)C1. The Hall–Kier alpha value is -6.64. The first-order chi connectivity index (χ1) is 30.5. The van der Waals surface area contributed by atoms with Gasteiger partial charge in [-0.3, -0.25) is 9.05 Å². The summed E-state index contributed by atoms with van der Waals surface area (Å²) in [4.78, 5) is 15.6. The zero-order chi connectivity index (χ0) is 42.4. The Morgan fingerprint density at radius 1 is 0.532 bits per heavy atom. The molecule has 1 aliphatic heterocycles. The molecule has 8 rings (SSSR count). The number of phosphoric ester groups is 1. The summed E-state index contributed by atoms with van der Waals surface area (Å²) in [6, 6.07) is 60.1. The summed E-state index contributed by atoms with van der Waals surface area (Å²) in [5, 5.41) is 0. The normalized spacial score (nSPS) is 13.7. The first-order valence-corrected chi connectivity index (χ1v) is 22.1. The van der Waals surface area contributed by atoms with Crippen LogP contribution < -0.4 is 14.0 Å². The molecule has 1 aliphatic rings. The van der Waals surface area contributed by atoms with Crippen molar-refractivity contribution in [3.8, 4) is 17.2 Å². The Balaban J connectivity index is 1.15. The molecule has 1 atom stereocenters. The van der Waals surface area contributed by atoms with Gasteiger partial charge >= 0.3 is 13.9 Å². The summed E-state index contributed by atoms with van der Waals surface area (Å²) in [7, 11) is -4.32. The number of carbonyl (C=O) groups excluding carboxylic acids is 1. The van der Waals surface area contributed by atoms with E-state index in [4.69, 9.17) is 27.8 Å². The maximum Gasteiger partial charge on any atom is 0.530 e. The van der Waals surface area contributed by atoms with Crippen molar-refractivity contribution >= 4 is 13.9 Å². The van der Waals surface area contributed by atoms with Crippen LogP contribution in [0.25, 0.3) is 0 Å². The third-order valence-electron chi connectivity index (χ3n) is 10.5. The number of ether oxygens (including phenoxy) is 3. The van der Waals surface area contributed by atoms with E-state index in [1.54, 1.807) is 4.90 Å². The Morgan fingerprint density at radius 3 is 1.52 bits per heavy atom. The highest BCUT2D eigenvalue weighted by Crippen LogP contribution is 2.54. The van der Waals surface area contributed by atoms with Gasteiger partial charge in [0.25, 0.3) is 0 Å². The molecule has 62 heavy (non-hydrogen) atoms. The van der Waals surface area contributed by atoms with Crippen molar-refractivity contribution in [3.05, 3.63) is 233 Å². The number of nitrogens with zero attached hydrogens (tertiary/aromatic N) is 1. The zero-order valence-corrected chi connectivity index (χ0v) is 35.2. The van der Waals surface area contributed by atoms with Crippen LogP contribution in [0.1, 0.15) is 50.4 Å². The van der Waals surface area contributed by atoms with Crippen molar-refractivity contribution in [1.82, 2.24) is 4.90 Å². The lowest BCUT2D eigenvalue weighted by Gasteiger charge is -2.26. The van der Waals surface area contributed by atoms with Gasteiger partial charge < -0.3 is 23.6 Å². The van der Waals surface area contributed by atoms with E-state index in [1.807, 2.05) is 188 Å². The van der Waals surface area contributed by atoms with E-state index in [0.717, 1.165) is 44.5 Å². The van der Waals surface area contributed by atoms with Crippen LogP contribution in [0.4, 0.5) is 4.79 Å². The van der Waals surface area contributed by atoms with Crippen molar-refractivity contribution in [2.75, 3.05) is 13.1 Å². The molecule has 1 unspecified atom stereocenters. The van der Waals surface area contributed by atoms with E-state index in [2.05, 4.69) is 0 Å². The lowest BCUT2D eigenvalue weighted by Crippen LogP contribution is -2.35. The minimum atomic E-state index is -4.32. The first kappa shape index (κ1) is 42.1. The molecule has 1 heterocycles. The smallest absolute Gasteiger partial charge is 0.489 e. The molecule has 7 aromatic rings. The van der Waals surface area contributed by atoms with Crippen molar-refractivity contribution < 1.29 is 37.1 Å². The van der Waals surface area contributed by atoms with E-state index in [-0.39, 0.29) is 38.1 Å². The first-order valence-electron chi connectivity index (χ1n) is 20.7. The van der Waals surface area contributed by atoms with Crippen molar-refractivity contribution in [2.45, 2.75) is 45.4 Å². The molecular weight excluding hydrogens is 798 g/mol. The second-order valence-corrected chi connectivity index (χ2v) is 16.6. The van der Waals surface area contributed by atoms with E-state index in [1.165, 1.54) is 0 Å². The Morgan fingerprint density at radius 2 is 1.00 bits per heavy atom. The van der Waals surface area contributed by atoms with Gasteiger partial charge in [-0.15, -0.1) is 0 Å². The largest absolute Gasteiger partial charge is 0.530 e. The average molecular weight is 846 g/mol. The van der Waals surface area contributed by atoms with Crippen LogP contribution in [0, 0.1) is 0 Å². The maximum absolute atomic E-state index is 14.9. The lowest BCUT2D eigenvalue weighted by atomic mass is 9.87. The van der Waals surface area contributed by atoms with Crippen LogP contribution in [0.3, 0.4) is 0 Å². The average Bonchev–Trinajstić information content (AvgIpc) is 3.52. The van der Waals surface area contributed by atoms with Crippen LogP contribution in [-0.4, -0.2) is 24.1 Å². The van der Waals surface area contributed by atoms with E-state index >= 15 is 0 Å². The molecule has 10 heteroatoms. The number of carbonyl (C=O) groups is 1. The van der Waals surface area contributed by atoms with Crippen LogP contribution in [0.2, 0.25) is 0 Å². The minimum Gasteiger partial charge on any atom is -0.489 e. The number of benzene rings is 7. The van der Waals surface area contributed by atoms with Gasteiger partial charge in [0.05, 0.1) is 13.2 Å². The van der Waals surface area contributed by atoms with Crippen molar-refractivity contribution in [2.24, 2.45) is 0 Å². The van der Waals surface area contributed by atoms with Gasteiger partial charge in [-0.25, -0.2) is 9.36 Å². The van der Waals surface area contributed by atoms with Gasteiger partial charge in [-0.2, -0.15) is 0 Å². The van der Waals surface area contributed by atoms with Gasteiger partial charge in [-0.05, 0) is 75.2 Å². The van der Waals surface area contributed by atoms with Gasteiger partial charge in [0, 0.05) is 19.0 Å². The van der Waals surface area contributed by atoms with Gasteiger partial charge in [0.15, 0.2) is 11.5 Å². The molecule has 0 bridgehead atoms. The van der Waals surface area contributed by atoms with Gasteiger partial charge in [0.2, 0.25) is 0 Å². The Kier molecular flexibility index (Phi) is 14.1.